The summed E-state index contributed by atoms with van der Waals surface area (Å²) in [6.45, 7) is 21.3. The van der Waals surface area contributed by atoms with Gasteiger partial charge < -0.3 is 79.7 Å². The molecular weight excluding hydrogens is 899 g/mol. The van der Waals surface area contributed by atoms with Gasteiger partial charge in [-0.1, -0.05) is 78.7 Å². The normalized spacial score (nSPS) is 46.0. The van der Waals surface area contributed by atoms with Gasteiger partial charge in [-0.15, -0.1) is 0 Å². The van der Waals surface area contributed by atoms with Crippen molar-refractivity contribution >= 4 is 11.9 Å². The molecule has 10 N–H and O–H groups in total. The molecule has 7 rings (SSSR count). The van der Waals surface area contributed by atoms with Crippen LogP contribution in [0, 0.1) is 44.8 Å². The van der Waals surface area contributed by atoms with Crippen molar-refractivity contribution in [3.8, 4) is 0 Å². The summed E-state index contributed by atoms with van der Waals surface area (Å²) in [5.74, 6) is -0.753. The fraction of sp³-hybridized carbons (Fsp3) is 0.882. The zero-order valence-corrected chi connectivity index (χ0v) is 42.1. The Morgan fingerprint density at radius 1 is 0.783 bits per heavy atom. The van der Waals surface area contributed by atoms with Gasteiger partial charge in [-0.05, 0) is 104 Å². The maximum atomic E-state index is 14.0. The molecule has 0 aromatic carbocycles. The minimum atomic E-state index is -1.80. The van der Waals surface area contributed by atoms with Gasteiger partial charge in [-0.3, -0.25) is 9.59 Å². The number of carbonyl (C=O) groups is 2. The second-order valence-electron chi connectivity index (χ2n) is 23.7. The van der Waals surface area contributed by atoms with Crippen molar-refractivity contribution in [1.82, 2.24) is 5.32 Å². The summed E-state index contributed by atoms with van der Waals surface area (Å²) in [4.78, 5) is 26.4. The molecule has 0 radical (unpaired) electrons. The fourth-order valence-corrected chi connectivity index (χ4v) is 14.4. The Labute approximate surface area is 406 Å². The molecule has 0 bridgehead atoms. The topological polar surface area (TPSA) is 284 Å². The lowest BCUT2D eigenvalue weighted by Crippen LogP contribution is -2.69. The Balaban J connectivity index is 1.20. The van der Waals surface area contributed by atoms with Crippen LogP contribution in [0.5, 0.6) is 0 Å². The van der Waals surface area contributed by atoms with Crippen LogP contribution in [0.1, 0.15) is 127 Å². The van der Waals surface area contributed by atoms with Crippen LogP contribution in [0.3, 0.4) is 0 Å². The highest BCUT2D eigenvalue weighted by molar-refractivity contribution is 5.82. The smallest absolute Gasteiger partial charge is 0.314 e. The van der Waals surface area contributed by atoms with Crippen molar-refractivity contribution in [3.63, 3.8) is 0 Å². The summed E-state index contributed by atoms with van der Waals surface area (Å²) < 4.78 is 37.5. The highest BCUT2D eigenvalue weighted by atomic mass is 16.8. The summed E-state index contributed by atoms with van der Waals surface area (Å²) in [7, 11) is 0. The van der Waals surface area contributed by atoms with Crippen LogP contribution in [0.25, 0.3) is 0 Å². The average Bonchev–Trinajstić information content (AvgIpc) is 3.61. The number of aliphatic carboxylic acids is 1. The number of carboxylic acids is 1. The van der Waals surface area contributed by atoms with E-state index in [1.54, 1.807) is 0 Å². The Kier molecular flexibility index (Phi) is 16.1. The van der Waals surface area contributed by atoms with Gasteiger partial charge in [-0.25, -0.2) is 0 Å². The first kappa shape index (κ1) is 54.6. The van der Waals surface area contributed by atoms with Gasteiger partial charge in [0.1, 0.15) is 67.1 Å². The maximum absolute atomic E-state index is 14.0. The van der Waals surface area contributed by atoms with Gasteiger partial charge in [0.2, 0.25) is 5.91 Å². The zero-order valence-electron chi connectivity index (χ0n) is 42.1. The lowest BCUT2D eigenvalue weighted by atomic mass is 9.43. The molecule has 3 aliphatic heterocycles. The molecule has 0 aromatic rings. The number of amides is 1. The van der Waals surface area contributed by atoms with Gasteiger partial charge in [0.05, 0.1) is 31.3 Å². The quantitative estimate of drug-likeness (QED) is 0.112. The maximum Gasteiger partial charge on any atom is 0.314 e. The van der Waals surface area contributed by atoms with E-state index in [4.69, 9.17) is 28.4 Å². The third-order valence-corrected chi connectivity index (χ3v) is 18.6. The number of carbonyl (C=O) groups excluding carboxylic acids is 1. The number of allylic oxidation sites excluding steroid dienone is 2. The second kappa shape index (κ2) is 20.3. The standard InChI is InChI=1S/C51H83NO17/c1-24(11-12-25(2)47(4,5)6)27-16-20-51(46(62)63)29-13-14-33-48(7,8)34(17-18-49(33,9)28(29)15-19-50(27,51)10)67-45-42(69-43-35(52-26(3)55)39(60)37(58)31(21-53)65-43)41(38(59)32(22-54)66-45)68-44-40(61)36(57)30(56)23-64-44/h24,27,30-45,53-54,56-61H,2,11-23H2,1,3-10H3,(H,52,55)(H,62,63)/t24-,27-,30+,31-,32-,33+,34?,35-,36+,37-,38+,39-,40-,41+,42-,43+,44+,45+,49-,50-,51+/m1/s1. The van der Waals surface area contributed by atoms with E-state index in [9.17, 15) is 55.5 Å². The molecule has 3 heterocycles. The van der Waals surface area contributed by atoms with Crippen molar-refractivity contribution in [1.29, 1.82) is 0 Å². The number of aliphatic hydroxyl groups is 8. The molecular formula is C51H83NO17. The molecule has 0 spiro atoms. The van der Waals surface area contributed by atoms with E-state index in [1.165, 1.54) is 18.1 Å². The molecule has 1 amide bonds. The third kappa shape index (κ3) is 9.53. The highest BCUT2D eigenvalue weighted by Crippen LogP contribution is 2.73. The van der Waals surface area contributed by atoms with Crippen molar-refractivity contribution in [2.45, 2.75) is 219 Å². The van der Waals surface area contributed by atoms with Gasteiger partial charge in [0, 0.05) is 6.92 Å². The van der Waals surface area contributed by atoms with Crippen molar-refractivity contribution in [3.05, 3.63) is 23.3 Å². The molecule has 69 heavy (non-hydrogen) atoms. The summed E-state index contributed by atoms with van der Waals surface area (Å²) in [6.07, 6.45) is -13.9. The minimum absolute atomic E-state index is 0.00915. The van der Waals surface area contributed by atoms with Crippen molar-refractivity contribution in [2.75, 3.05) is 19.8 Å². The SMILES string of the molecule is C=C(CC[C@@H](C)[C@H]1CC[C@@]2(C(=O)O)C3=C(CC[C@]12C)[C@@]1(C)CCC(O[C@@H]2O[C@H](CO)[C@H](O)[C@H](O[C@@H]4OC[C@H](O)[C@H](O)[C@H]4O)[C@H]2O[C@@H]2O[C@H](CO)[C@@H](O)[C@H](O)[C@H]2NC(C)=O)C(C)(C)[C@@H]1CC3)C(C)(C)C. The van der Waals surface area contributed by atoms with Crippen LogP contribution in [-0.4, -0.2) is 170 Å². The van der Waals surface area contributed by atoms with Gasteiger partial charge >= 0.3 is 5.97 Å². The van der Waals surface area contributed by atoms with E-state index in [0.717, 1.165) is 37.7 Å². The van der Waals surface area contributed by atoms with E-state index < -0.39 is 140 Å². The van der Waals surface area contributed by atoms with Crippen LogP contribution in [0.4, 0.5) is 0 Å². The van der Waals surface area contributed by atoms with E-state index in [0.29, 0.717) is 38.0 Å². The first-order valence-electron chi connectivity index (χ1n) is 25.3. The molecule has 7 aliphatic rings. The predicted molar refractivity (Wildman–Crippen MR) is 247 cm³/mol. The molecule has 4 aliphatic carbocycles. The Morgan fingerprint density at radius 2 is 1.42 bits per heavy atom. The fourth-order valence-electron chi connectivity index (χ4n) is 14.4. The first-order valence-corrected chi connectivity index (χ1v) is 25.3. The summed E-state index contributed by atoms with van der Waals surface area (Å²) in [6, 6.07) is -1.43. The minimum Gasteiger partial charge on any atom is -0.481 e. The number of ether oxygens (including phenoxy) is 6. The van der Waals surface area contributed by atoms with E-state index in [-0.39, 0.29) is 22.7 Å². The van der Waals surface area contributed by atoms with Gasteiger partial charge in [-0.2, -0.15) is 0 Å². The number of nitrogens with one attached hydrogen (secondary N) is 1. The van der Waals surface area contributed by atoms with Crippen LogP contribution in [0.15, 0.2) is 23.3 Å². The lowest BCUT2D eigenvalue weighted by Gasteiger charge is -2.62. The van der Waals surface area contributed by atoms with Gasteiger partial charge in [0.25, 0.3) is 0 Å². The monoisotopic (exact) mass is 982 g/mol. The number of carboxylic acid groups (broad SMARTS) is 1. The second-order valence-corrected chi connectivity index (χ2v) is 23.7. The van der Waals surface area contributed by atoms with E-state index in [1.807, 2.05) is 0 Å². The molecule has 21 atom stereocenters. The largest absolute Gasteiger partial charge is 0.481 e. The number of hydrogen-bond acceptors (Lipinski definition) is 16. The summed E-state index contributed by atoms with van der Waals surface area (Å²) >= 11 is 0. The molecule has 5 fully saturated rings. The molecule has 2 saturated carbocycles. The van der Waals surface area contributed by atoms with E-state index in [2.05, 4.69) is 67.3 Å². The Morgan fingerprint density at radius 3 is 2.04 bits per heavy atom. The number of hydrogen-bond donors (Lipinski definition) is 10. The van der Waals surface area contributed by atoms with Crippen LogP contribution >= 0.6 is 0 Å². The molecule has 18 heteroatoms. The first-order chi connectivity index (χ1) is 32.2. The van der Waals surface area contributed by atoms with Crippen molar-refractivity contribution in [2.24, 2.45) is 44.8 Å². The summed E-state index contributed by atoms with van der Waals surface area (Å²) in [5.41, 5.74) is 1.22. The molecule has 18 nitrogen and oxygen atoms in total. The van der Waals surface area contributed by atoms with Crippen LogP contribution in [-0.2, 0) is 38.0 Å². The number of aliphatic hydroxyl groups excluding tert-OH is 8. The number of rotatable bonds is 14. The van der Waals surface area contributed by atoms with E-state index >= 15 is 0 Å². The highest BCUT2D eigenvalue weighted by Gasteiger charge is 2.69. The zero-order chi connectivity index (χ0) is 50.9. The third-order valence-electron chi connectivity index (χ3n) is 18.6. The average molecular weight is 982 g/mol. The summed E-state index contributed by atoms with van der Waals surface area (Å²) in [5, 5.41) is 100. The lowest BCUT2D eigenvalue weighted by molar-refractivity contribution is -0.389. The molecule has 3 saturated heterocycles. The van der Waals surface area contributed by atoms with Gasteiger partial charge in [0.15, 0.2) is 18.9 Å². The van der Waals surface area contributed by atoms with Crippen LogP contribution < -0.4 is 5.32 Å². The van der Waals surface area contributed by atoms with Crippen molar-refractivity contribution < 1.29 is 84.0 Å². The molecule has 394 valence electrons. The Hall–Kier alpha value is -2.14. The Bertz CT molecular complexity index is 1910. The number of fused-ring (bicyclic) bond motifs is 4. The molecule has 1 unspecified atom stereocenters. The predicted octanol–water partition coefficient (Wildman–Crippen LogP) is 2.44. The molecule has 0 aromatic heterocycles. The van der Waals surface area contributed by atoms with Crippen LogP contribution in [0.2, 0.25) is 0 Å².